The van der Waals surface area contributed by atoms with Crippen LogP contribution in [0.4, 0.5) is 0 Å². The first-order chi connectivity index (χ1) is 3.77. The molecule has 0 bridgehead atoms. The number of hydrogen-bond acceptors (Lipinski definition) is 1. The molecule has 0 aromatic rings. The average molecular weight is 135 g/mol. The summed E-state index contributed by atoms with van der Waals surface area (Å²) in [5.74, 6) is 0. The summed E-state index contributed by atoms with van der Waals surface area (Å²) < 4.78 is 0. The lowest BCUT2D eigenvalue weighted by Gasteiger charge is -1.96. The molecule has 0 aromatic carbocycles. The summed E-state index contributed by atoms with van der Waals surface area (Å²) >= 11 is 5.22. The van der Waals surface area contributed by atoms with Crippen molar-refractivity contribution in [2.24, 2.45) is 0 Å². The predicted octanol–water partition coefficient (Wildman–Crippen LogP) is 1.90. The molecule has 1 unspecified atom stereocenters. The number of hydrogen-bond donors (Lipinski definition) is 1. The van der Waals surface area contributed by atoms with Crippen LogP contribution in [-0.2, 0) is 0 Å². The van der Waals surface area contributed by atoms with E-state index >= 15 is 0 Å². The third-order valence-corrected chi connectivity index (χ3v) is 1.02. The molecule has 0 fully saturated rings. The van der Waals surface area contributed by atoms with Crippen LogP contribution in [-0.4, -0.2) is 11.2 Å². The van der Waals surface area contributed by atoms with Crippen molar-refractivity contribution in [1.29, 1.82) is 0 Å². The lowest BCUT2D eigenvalue weighted by atomic mass is 10.2. The Kier molecular flexibility index (Phi) is 5.13. The third kappa shape index (κ3) is 5.99. The number of aliphatic hydroxyl groups excluding tert-OH is 1. The Hall–Kier alpha value is -0.0100. The highest BCUT2D eigenvalue weighted by atomic mass is 35.5. The molecule has 1 atom stereocenters. The van der Waals surface area contributed by atoms with Crippen LogP contribution in [0.15, 0.2) is 11.6 Å². The van der Waals surface area contributed by atoms with Gasteiger partial charge in [0.2, 0.25) is 0 Å². The van der Waals surface area contributed by atoms with Gasteiger partial charge in [-0.15, -0.1) is 0 Å². The molecule has 0 saturated heterocycles. The van der Waals surface area contributed by atoms with Crippen molar-refractivity contribution in [2.45, 2.75) is 25.9 Å². The second-order valence-electron chi connectivity index (χ2n) is 1.79. The quantitative estimate of drug-likeness (QED) is 0.625. The SMILES string of the molecule is CC(O)CCC=CCl. The molecule has 0 aliphatic carbocycles. The summed E-state index contributed by atoms with van der Waals surface area (Å²) in [6.45, 7) is 1.77. The third-order valence-electron chi connectivity index (χ3n) is 0.840. The second kappa shape index (κ2) is 5.13. The van der Waals surface area contributed by atoms with Gasteiger partial charge in [-0.05, 0) is 19.8 Å². The van der Waals surface area contributed by atoms with E-state index < -0.39 is 0 Å². The fourth-order valence-corrected chi connectivity index (χ4v) is 0.526. The molecule has 0 aromatic heterocycles. The first-order valence-corrected chi connectivity index (χ1v) is 3.14. The fraction of sp³-hybridized carbons (Fsp3) is 0.667. The highest BCUT2D eigenvalue weighted by molar-refractivity contribution is 6.25. The Morgan fingerprint density at radius 3 is 2.75 bits per heavy atom. The van der Waals surface area contributed by atoms with Gasteiger partial charge in [-0.25, -0.2) is 0 Å². The van der Waals surface area contributed by atoms with E-state index in [0.717, 1.165) is 12.8 Å². The van der Waals surface area contributed by atoms with Crippen LogP contribution in [0.1, 0.15) is 19.8 Å². The number of aliphatic hydroxyl groups is 1. The number of allylic oxidation sites excluding steroid dienone is 1. The highest BCUT2D eigenvalue weighted by Crippen LogP contribution is 1.96. The topological polar surface area (TPSA) is 20.2 Å². The lowest BCUT2D eigenvalue weighted by molar-refractivity contribution is 0.186. The maximum absolute atomic E-state index is 8.70. The summed E-state index contributed by atoms with van der Waals surface area (Å²) in [6.07, 6.45) is 3.28. The van der Waals surface area contributed by atoms with Gasteiger partial charge in [-0.1, -0.05) is 17.7 Å². The van der Waals surface area contributed by atoms with E-state index in [1.807, 2.05) is 6.08 Å². The fourth-order valence-electron chi connectivity index (χ4n) is 0.400. The standard InChI is InChI=1S/C6H11ClO/c1-6(8)4-2-3-5-7/h3,5-6,8H,2,4H2,1H3. The Morgan fingerprint density at radius 1 is 1.75 bits per heavy atom. The molecule has 1 nitrogen and oxygen atoms in total. The zero-order chi connectivity index (χ0) is 6.41. The first kappa shape index (κ1) is 7.99. The minimum absolute atomic E-state index is 0.206. The summed E-state index contributed by atoms with van der Waals surface area (Å²) in [4.78, 5) is 0. The van der Waals surface area contributed by atoms with Crippen LogP contribution in [0, 0.1) is 0 Å². The van der Waals surface area contributed by atoms with Crippen molar-refractivity contribution >= 4 is 11.6 Å². The van der Waals surface area contributed by atoms with Crippen LogP contribution in [0.3, 0.4) is 0 Å². The molecule has 0 aliphatic rings. The maximum atomic E-state index is 8.70. The van der Waals surface area contributed by atoms with Gasteiger partial charge in [0.25, 0.3) is 0 Å². The predicted molar refractivity (Wildman–Crippen MR) is 35.9 cm³/mol. The average Bonchev–Trinajstić information content (AvgIpc) is 1.66. The Labute approximate surface area is 55.0 Å². The van der Waals surface area contributed by atoms with Crippen molar-refractivity contribution in [3.05, 3.63) is 11.6 Å². The lowest BCUT2D eigenvalue weighted by Crippen LogP contribution is -1.96. The molecular weight excluding hydrogens is 124 g/mol. The molecule has 48 valence electrons. The summed E-state index contributed by atoms with van der Waals surface area (Å²) in [6, 6.07) is 0. The van der Waals surface area contributed by atoms with Gasteiger partial charge in [-0.2, -0.15) is 0 Å². The summed E-state index contributed by atoms with van der Waals surface area (Å²) in [5, 5.41) is 8.70. The molecule has 0 aliphatic heterocycles. The van der Waals surface area contributed by atoms with Crippen molar-refractivity contribution < 1.29 is 5.11 Å². The molecule has 0 rings (SSSR count). The first-order valence-electron chi connectivity index (χ1n) is 2.70. The molecule has 1 N–H and O–H groups in total. The summed E-state index contributed by atoms with van der Waals surface area (Å²) in [7, 11) is 0. The minimum atomic E-state index is -0.206. The summed E-state index contributed by atoms with van der Waals surface area (Å²) in [5.41, 5.74) is 1.47. The van der Waals surface area contributed by atoms with E-state index in [9.17, 15) is 0 Å². The normalized spacial score (nSPS) is 14.9. The van der Waals surface area contributed by atoms with E-state index in [1.54, 1.807) is 6.92 Å². The zero-order valence-electron chi connectivity index (χ0n) is 4.97. The van der Waals surface area contributed by atoms with Crippen LogP contribution in [0.25, 0.3) is 0 Å². The largest absolute Gasteiger partial charge is 0.393 e. The molecule has 0 radical (unpaired) electrons. The van der Waals surface area contributed by atoms with E-state index in [2.05, 4.69) is 0 Å². The molecular formula is C6H11ClO. The Morgan fingerprint density at radius 2 is 2.38 bits per heavy atom. The van der Waals surface area contributed by atoms with Gasteiger partial charge in [-0.3, -0.25) is 0 Å². The van der Waals surface area contributed by atoms with Crippen LogP contribution in [0.2, 0.25) is 0 Å². The van der Waals surface area contributed by atoms with Gasteiger partial charge < -0.3 is 5.11 Å². The zero-order valence-corrected chi connectivity index (χ0v) is 5.73. The Bertz CT molecular complexity index is 68.9. The van der Waals surface area contributed by atoms with Gasteiger partial charge in [0, 0.05) is 5.54 Å². The molecule has 2 heteroatoms. The molecule has 0 amide bonds. The van der Waals surface area contributed by atoms with Crippen molar-refractivity contribution in [1.82, 2.24) is 0 Å². The maximum Gasteiger partial charge on any atom is 0.0515 e. The van der Waals surface area contributed by atoms with E-state index in [0.29, 0.717) is 0 Å². The van der Waals surface area contributed by atoms with Crippen LogP contribution < -0.4 is 0 Å². The Balaban J connectivity index is 2.93. The van der Waals surface area contributed by atoms with E-state index in [4.69, 9.17) is 16.7 Å². The molecule has 8 heavy (non-hydrogen) atoms. The smallest absolute Gasteiger partial charge is 0.0515 e. The van der Waals surface area contributed by atoms with Crippen LogP contribution in [0.5, 0.6) is 0 Å². The van der Waals surface area contributed by atoms with Gasteiger partial charge in [0.15, 0.2) is 0 Å². The molecule has 0 saturated carbocycles. The van der Waals surface area contributed by atoms with Crippen molar-refractivity contribution in [3.8, 4) is 0 Å². The van der Waals surface area contributed by atoms with E-state index in [1.165, 1.54) is 5.54 Å². The van der Waals surface area contributed by atoms with Gasteiger partial charge >= 0.3 is 0 Å². The highest BCUT2D eigenvalue weighted by Gasteiger charge is 1.89. The number of rotatable bonds is 3. The minimum Gasteiger partial charge on any atom is -0.393 e. The second-order valence-corrected chi connectivity index (χ2v) is 2.04. The number of halogens is 1. The molecule has 0 heterocycles. The van der Waals surface area contributed by atoms with Crippen molar-refractivity contribution in [3.63, 3.8) is 0 Å². The molecule has 0 spiro atoms. The van der Waals surface area contributed by atoms with Gasteiger partial charge in [0.05, 0.1) is 6.10 Å². The monoisotopic (exact) mass is 134 g/mol. The van der Waals surface area contributed by atoms with Gasteiger partial charge in [0.1, 0.15) is 0 Å². The van der Waals surface area contributed by atoms with Crippen molar-refractivity contribution in [2.75, 3.05) is 0 Å². The van der Waals surface area contributed by atoms with Crippen LogP contribution >= 0.6 is 11.6 Å². The van der Waals surface area contributed by atoms with E-state index in [-0.39, 0.29) is 6.10 Å².